The molecule has 8 heteroatoms. The molecule has 5 nitrogen and oxygen atoms in total. The summed E-state index contributed by atoms with van der Waals surface area (Å²) >= 11 is 5.08. The zero-order valence-electron chi connectivity index (χ0n) is 13.0. The molecule has 0 aliphatic heterocycles. The Balaban J connectivity index is 1.97. The number of hydrogen-bond donors (Lipinski definition) is 2. The van der Waals surface area contributed by atoms with Gasteiger partial charge in [-0.1, -0.05) is 0 Å². The van der Waals surface area contributed by atoms with Crippen LogP contribution in [0.5, 0.6) is 11.5 Å². The Morgan fingerprint density at radius 3 is 2.50 bits per heavy atom. The third kappa shape index (κ3) is 4.63. The third-order valence-electron chi connectivity index (χ3n) is 2.97. The fraction of sp³-hybridized carbons (Fsp3) is 0.125. The van der Waals surface area contributed by atoms with Gasteiger partial charge >= 0.3 is 0 Å². The average molecular weight is 351 g/mol. The molecule has 2 aromatic rings. The average Bonchev–Trinajstić information content (AvgIpc) is 2.56. The Bertz CT molecular complexity index is 769. The quantitative estimate of drug-likeness (QED) is 0.492. The Labute approximate surface area is 143 Å². The Hall–Kier alpha value is -2.74. The lowest BCUT2D eigenvalue weighted by molar-refractivity contribution is 0.355. The predicted octanol–water partition coefficient (Wildman–Crippen LogP) is 3.30. The van der Waals surface area contributed by atoms with Gasteiger partial charge < -0.3 is 14.8 Å². The second-order valence-electron chi connectivity index (χ2n) is 4.56. The number of nitrogens with one attached hydrogen (secondary N) is 2. The molecule has 0 saturated heterocycles. The maximum absolute atomic E-state index is 13.4. The van der Waals surface area contributed by atoms with Crippen molar-refractivity contribution in [2.75, 3.05) is 19.5 Å². The standard InChI is InChI=1S/C16H15F2N3O2S/c1-22-14-6-5-12(8-15(14)23-2)20-16(24)21-19-9-10-3-4-11(17)7-13(10)18/h3-9H,1-2H3,(H2,20,21,24)/b19-9-. The maximum atomic E-state index is 13.4. The first-order valence-electron chi connectivity index (χ1n) is 6.80. The van der Waals surface area contributed by atoms with E-state index in [4.69, 9.17) is 21.7 Å². The van der Waals surface area contributed by atoms with Crippen LogP contribution in [0.2, 0.25) is 0 Å². The lowest BCUT2D eigenvalue weighted by Crippen LogP contribution is -2.23. The van der Waals surface area contributed by atoms with E-state index in [2.05, 4.69) is 15.8 Å². The van der Waals surface area contributed by atoms with Crippen LogP contribution in [0.1, 0.15) is 5.56 Å². The van der Waals surface area contributed by atoms with Gasteiger partial charge in [-0.2, -0.15) is 5.10 Å². The lowest BCUT2D eigenvalue weighted by Gasteiger charge is -2.11. The third-order valence-corrected chi connectivity index (χ3v) is 3.17. The fourth-order valence-corrected chi connectivity index (χ4v) is 2.01. The molecule has 0 fully saturated rings. The predicted molar refractivity (Wildman–Crippen MR) is 92.9 cm³/mol. The van der Waals surface area contributed by atoms with Gasteiger partial charge in [0.1, 0.15) is 11.6 Å². The van der Waals surface area contributed by atoms with Crippen molar-refractivity contribution in [3.8, 4) is 11.5 Å². The summed E-state index contributed by atoms with van der Waals surface area (Å²) in [6, 6.07) is 8.38. The molecule has 126 valence electrons. The number of thiocarbonyl (C=S) groups is 1. The van der Waals surface area contributed by atoms with E-state index in [9.17, 15) is 8.78 Å². The number of rotatable bonds is 5. The number of anilines is 1. The van der Waals surface area contributed by atoms with Crippen LogP contribution in [-0.4, -0.2) is 25.5 Å². The highest BCUT2D eigenvalue weighted by Crippen LogP contribution is 2.29. The van der Waals surface area contributed by atoms with Crippen LogP contribution < -0.4 is 20.2 Å². The molecule has 0 aliphatic carbocycles. The van der Waals surface area contributed by atoms with Gasteiger partial charge in [0.05, 0.1) is 20.4 Å². The summed E-state index contributed by atoms with van der Waals surface area (Å²) < 4.78 is 36.6. The van der Waals surface area contributed by atoms with Crippen LogP contribution in [0.15, 0.2) is 41.5 Å². The SMILES string of the molecule is COc1ccc(NC(=S)N/N=C\c2ccc(F)cc2F)cc1OC. The monoisotopic (exact) mass is 351 g/mol. The summed E-state index contributed by atoms with van der Waals surface area (Å²) in [7, 11) is 3.07. The molecule has 0 atom stereocenters. The van der Waals surface area contributed by atoms with E-state index in [1.807, 2.05) is 0 Å². The van der Waals surface area contributed by atoms with Crippen molar-refractivity contribution in [1.82, 2.24) is 5.43 Å². The van der Waals surface area contributed by atoms with E-state index in [-0.39, 0.29) is 10.7 Å². The van der Waals surface area contributed by atoms with Crippen LogP contribution in [0, 0.1) is 11.6 Å². The Kier molecular flexibility index (Phi) is 6.02. The van der Waals surface area contributed by atoms with Crippen molar-refractivity contribution in [2.24, 2.45) is 5.10 Å². The fourth-order valence-electron chi connectivity index (χ4n) is 1.84. The lowest BCUT2D eigenvalue weighted by atomic mass is 10.2. The Morgan fingerprint density at radius 1 is 1.08 bits per heavy atom. The summed E-state index contributed by atoms with van der Waals surface area (Å²) in [5.74, 6) is -0.225. The maximum Gasteiger partial charge on any atom is 0.191 e. The van der Waals surface area contributed by atoms with Crippen LogP contribution >= 0.6 is 12.2 Å². The summed E-state index contributed by atoms with van der Waals surface area (Å²) in [5.41, 5.74) is 3.34. The highest BCUT2D eigenvalue weighted by molar-refractivity contribution is 7.80. The number of halogens is 2. The molecule has 0 bridgehead atoms. The Morgan fingerprint density at radius 2 is 1.83 bits per heavy atom. The van der Waals surface area contributed by atoms with Crippen molar-refractivity contribution >= 4 is 29.2 Å². The minimum atomic E-state index is -0.709. The van der Waals surface area contributed by atoms with Gasteiger partial charge in [0.15, 0.2) is 16.6 Å². The van der Waals surface area contributed by atoms with Crippen molar-refractivity contribution in [3.05, 3.63) is 53.6 Å². The molecule has 0 aromatic heterocycles. The van der Waals surface area contributed by atoms with Crippen molar-refractivity contribution in [2.45, 2.75) is 0 Å². The highest BCUT2D eigenvalue weighted by Gasteiger charge is 2.05. The summed E-state index contributed by atoms with van der Waals surface area (Å²) in [4.78, 5) is 0. The van der Waals surface area contributed by atoms with Crippen LogP contribution in [0.3, 0.4) is 0 Å². The molecular weight excluding hydrogens is 336 g/mol. The molecule has 0 spiro atoms. The van der Waals surface area contributed by atoms with Gasteiger partial charge in [-0.25, -0.2) is 8.78 Å². The van der Waals surface area contributed by atoms with E-state index >= 15 is 0 Å². The van der Waals surface area contributed by atoms with Crippen LogP contribution in [0.4, 0.5) is 14.5 Å². The van der Waals surface area contributed by atoms with E-state index in [0.717, 1.165) is 12.1 Å². The molecular formula is C16H15F2N3O2S. The minimum Gasteiger partial charge on any atom is -0.493 e. The number of nitrogens with zero attached hydrogens (tertiary/aromatic N) is 1. The van der Waals surface area contributed by atoms with E-state index in [1.165, 1.54) is 19.4 Å². The topological polar surface area (TPSA) is 54.9 Å². The molecule has 2 N–H and O–H groups in total. The normalized spacial score (nSPS) is 10.5. The molecule has 0 unspecified atom stereocenters. The first kappa shape index (κ1) is 17.6. The number of benzene rings is 2. The van der Waals surface area contributed by atoms with Gasteiger partial charge in [0.2, 0.25) is 0 Å². The first-order chi connectivity index (χ1) is 11.5. The largest absolute Gasteiger partial charge is 0.493 e. The van der Waals surface area contributed by atoms with Crippen LogP contribution in [0.25, 0.3) is 0 Å². The molecule has 0 aliphatic rings. The van der Waals surface area contributed by atoms with Gasteiger partial charge in [0.25, 0.3) is 0 Å². The molecule has 0 amide bonds. The second-order valence-corrected chi connectivity index (χ2v) is 4.97. The first-order valence-corrected chi connectivity index (χ1v) is 7.21. The van der Waals surface area contributed by atoms with Gasteiger partial charge in [-0.3, -0.25) is 5.43 Å². The molecule has 24 heavy (non-hydrogen) atoms. The van der Waals surface area contributed by atoms with Gasteiger partial charge in [-0.05, 0) is 36.5 Å². The van der Waals surface area contributed by atoms with Crippen LogP contribution in [-0.2, 0) is 0 Å². The molecule has 0 heterocycles. The van der Waals surface area contributed by atoms with E-state index in [1.54, 1.807) is 25.3 Å². The second kappa shape index (κ2) is 8.21. The summed E-state index contributed by atoms with van der Waals surface area (Å²) in [6.07, 6.45) is 1.21. The number of methoxy groups -OCH3 is 2. The van der Waals surface area contributed by atoms with Crippen molar-refractivity contribution in [3.63, 3.8) is 0 Å². The highest BCUT2D eigenvalue weighted by atomic mass is 32.1. The zero-order chi connectivity index (χ0) is 17.5. The van der Waals surface area contributed by atoms with Gasteiger partial charge in [-0.15, -0.1) is 0 Å². The summed E-state index contributed by atoms with van der Waals surface area (Å²) in [6.45, 7) is 0. The van der Waals surface area contributed by atoms with Crippen molar-refractivity contribution in [1.29, 1.82) is 0 Å². The molecule has 0 saturated carbocycles. The molecule has 2 rings (SSSR count). The number of hydrazone groups is 1. The number of hydrogen-bond acceptors (Lipinski definition) is 4. The van der Waals surface area contributed by atoms with E-state index < -0.39 is 11.6 Å². The minimum absolute atomic E-state index is 0.137. The molecule has 2 aromatic carbocycles. The van der Waals surface area contributed by atoms with Crippen molar-refractivity contribution < 1.29 is 18.3 Å². The van der Waals surface area contributed by atoms with E-state index in [0.29, 0.717) is 17.2 Å². The summed E-state index contributed by atoms with van der Waals surface area (Å²) in [5, 5.41) is 6.90. The number of ether oxygens (including phenoxy) is 2. The van der Waals surface area contributed by atoms with Gasteiger partial charge in [0, 0.05) is 23.4 Å². The zero-order valence-corrected chi connectivity index (χ0v) is 13.8. The molecule has 0 radical (unpaired) electrons. The smallest absolute Gasteiger partial charge is 0.191 e.